The Morgan fingerprint density at radius 3 is 2.62 bits per heavy atom. The molecular weight excluding hydrogens is 220 g/mol. The van der Waals surface area contributed by atoms with Gasteiger partial charge < -0.3 is 10.6 Å². The first-order chi connectivity index (χ1) is 7.42. The molecule has 2 amide bonds. The smallest absolute Gasteiger partial charge is 0.315 e. The Hall–Kier alpha value is -1.03. The minimum atomic E-state index is -0.197. The van der Waals surface area contributed by atoms with E-state index in [1.165, 1.54) is 4.88 Å². The van der Waals surface area contributed by atoms with Gasteiger partial charge in [0.15, 0.2) is 0 Å². The van der Waals surface area contributed by atoms with Crippen molar-refractivity contribution in [2.45, 2.75) is 45.7 Å². The Kier molecular flexibility index (Phi) is 4.35. The summed E-state index contributed by atoms with van der Waals surface area (Å²) in [6.07, 6.45) is 0.901. The summed E-state index contributed by atoms with van der Waals surface area (Å²) in [6, 6.07) is 4.07. The van der Waals surface area contributed by atoms with Crippen LogP contribution < -0.4 is 10.6 Å². The Balaban J connectivity index is 2.55. The van der Waals surface area contributed by atoms with Gasteiger partial charge in [0.2, 0.25) is 0 Å². The molecule has 0 aliphatic heterocycles. The average molecular weight is 240 g/mol. The number of rotatable bonds is 3. The summed E-state index contributed by atoms with van der Waals surface area (Å²) in [7, 11) is 0. The van der Waals surface area contributed by atoms with Gasteiger partial charge in [0, 0.05) is 10.4 Å². The third-order valence-electron chi connectivity index (χ3n) is 2.09. The topological polar surface area (TPSA) is 41.1 Å². The fourth-order valence-corrected chi connectivity index (χ4v) is 2.26. The van der Waals surface area contributed by atoms with E-state index in [4.69, 9.17) is 0 Å². The SMILES string of the molecule is CCC(NC(=O)NC(C)(C)C)c1cccs1. The van der Waals surface area contributed by atoms with Gasteiger partial charge in [-0.1, -0.05) is 13.0 Å². The van der Waals surface area contributed by atoms with E-state index in [1.807, 2.05) is 32.2 Å². The second-order valence-corrected chi connectivity index (χ2v) is 5.80. The largest absolute Gasteiger partial charge is 0.334 e. The third kappa shape index (κ3) is 4.23. The molecule has 16 heavy (non-hydrogen) atoms. The number of amides is 2. The van der Waals surface area contributed by atoms with Crippen molar-refractivity contribution in [3.05, 3.63) is 22.4 Å². The molecule has 4 heteroatoms. The zero-order valence-corrected chi connectivity index (χ0v) is 11.1. The van der Waals surface area contributed by atoms with Gasteiger partial charge in [-0.3, -0.25) is 0 Å². The molecule has 1 unspecified atom stereocenters. The predicted octanol–water partition coefficient (Wildman–Crippen LogP) is 3.30. The standard InChI is InChI=1S/C12H20N2OS/c1-5-9(10-7-6-8-16-10)13-11(15)14-12(2,3)4/h6-9H,5H2,1-4H3,(H2,13,14,15). The first-order valence-electron chi connectivity index (χ1n) is 5.54. The number of carbonyl (C=O) groups is 1. The molecule has 1 aromatic rings. The van der Waals surface area contributed by atoms with Gasteiger partial charge in [-0.05, 0) is 38.6 Å². The van der Waals surface area contributed by atoms with E-state index in [2.05, 4.69) is 23.6 Å². The fourth-order valence-electron chi connectivity index (χ4n) is 1.40. The zero-order valence-electron chi connectivity index (χ0n) is 10.3. The van der Waals surface area contributed by atoms with E-state index in [1.54, 1.807) is 11.3 Å². The lowest BCUT2D eigenvalue weighted by Crippen LogP contribution is -2.47. The van der Waals surface area contributed by atoms with Gasteiger partial charge in [0.1, 0.15) is 0 Å². The van der Waals surface area contributed by atoms with Crippen LogP contribution in [0.5, 0.6) is 0 Å². The van der Waals surface area contributed by atoms with E-state index < -0.39 is 0 Å². The Morgan fingerprint density at radius 2 is 2.19 bits per heavy atom. The normalized spacial score (nSPS) is 13.2. The summed E-state index contributed by atoms with van der Waals surface area (Å²) in [5.41, 5.74) is -0.197. The van der Waals surface area contributed by atoms with Crippen molar-refractivity contribution in [2.75, 3.05) is 0 Å². The maximum Gasteiger partial charge on any atom is 0.315 e. The van der Waals surface area contributed by atoms with E-state index in [9.17, 15) is 4.79 Å². The molecule has 90 valence electrons. The summed E-state index contributed by atoms with van der Waals surface area (Å²) in [5, 5.41) is 7.92. The van der Waals surface area contributed by atoms with Crippen LogP contribution in [0.3, 0.4) is 0 Å². The summed E-state index contributed by atoms with van der Waals surface area (Å²) in [5.74, 6) is 0. The molecule has 1 rings (SSSR count). The summed E-state index contributed by atoms with van der Waals surface area (Å²) in [4.78, 5) is 12.9. The second-order valence-electron chi connectivity index (χ2n) is 4.82. The molecule has 1 heterocycles. The first-order valence-corrected chi connectivity index (χ1v) is 6.42. The van der Waals surface area contributed by atoms with Crippen LogP contribution in [-0.4, -0.2) is 11.6 Å². The van der Waals surface area contributed by atoms with Gasteiger partial charge in [-0.15, -0.1) is 11.3 Å². The number of nitrogens with one attached hydrogen (secondary N) is 2. The highest BCUT2D eigenvalue weighted by Gasteiger charge is 2.17. The zero-order chi connectivity index (χ0) is 12.2. The Morgan fingerprint density at radius 1 is 1.50 bits per heavy atom. The number of carbonyl (C=O) groups excluding carboxylic acids is 1. The van der Waals surface area contributed by atoms with Gasteiger partial charge in [0.25, 0.3) is 0 Å². The molecule has 0 aliphatic carbocycles. The lowest BCUT2D eigenvalue weighted by Gasteiger charge is -2.23. The number of hydrogen-bond acceptors (Lipinski definition) is 2. The molecule has 0 spiro atoms. The minimum Gasteiger partial charge on any atom is -0.334 e. The van der Waals surface area contributed by atoms with Crippen LogP contribution in [0.1, 0.15) is 45.0 Å². The summed E-state index contributed by atoms with van der Waals surface area (Å²) < 4.78 is 0. The van der Waals surface area contributed by atoms with Crippen LogP contribution >= 0.6 is 11.3 Å². The predicted molar refractivity (Wildman–Crippen MR) is 68.8 cm³/mol. The molecule has 0 aromatic carbocycles. The molecule has 0 fully saturated rings. The van der Waals surface area contributed by atoms with Gasteiger partial charge in [-0.2, -0.15) is 0 Å². The van der Waals surface area contributed by atoms with Gasteiger partial charge >= 0.3 is 6.03 Å². The van der Waals surface area contributed by atoms with Crippen LogP contribution in [0.4, 0.5) is 4.79 Å². The molecule has 1 aromatic heterocycles. The molecule has 0 radical (unpaired) electrons. The minimum absolute atomic E-state index is 0.104. The highest BCUT2D eigenvalue weighted by atomic mass is 32.1. The van der Waals surface area contributed by atoms with E-state index >= 15 is 0 Å². The van der Waals surface area contributed by atoms with Crippen molar-refractivity contribution in [2.24, 2.45) is 0 Å². The van der Waals surface area contributed by atoms with Crippen LogP contribution in [-0.2, 0) is 0 Å². The highest BCUT2D eigenvalue weighted by Crippen LogP contribution is 2.21. The van der Waals surface area contributed by atoms with Gasteiger partial charge in [0.05, 0.1) is 6.04 Å². The molecule has 0 aliphatic rings. The lowest BCUT2D eigenvalue weighted by molar-refractivity contribution is 0.228. The summed E-state index contributed by atoms with van der Waals surface area (Å²) in [6.45, 7) is 7.98. The second kappa shape index (κ2) is 5.34. The quantitative estimate of drug-likeness (QED) is 0.836. The lowest BCUT2D eigenvalue weighted by atomic mass is 10.1. The molecule has 2 N–H and O–H groups in total. The molecule has 1 atom stereocenters. The highest BCUT2D eigenvalue weighted by molar-refractivity contribution is 7.10. The Labute approximate surface area is 101 Å². The first kappa shape index (κ1) is 13.0. The van der Waals surface area contributed by atoms with E-state index in [0.717, 1.165) is 6.42 Å². The number of urea groups is 1. The van der Waals surface area contributed by atoms with Crippen LogP contribution in [0, 0.1) is 0 Å². The van der Waals surface area contributed by atoms with Crippen LogP contribution in [0.15, 0.2) is 17.5 Å². The average Bonchev–Trinajstić information content (AvgIpc) is 2.63. The summed E-state index contributed by atoms with van der Waals surface area (Å²) >= 11 is 1.67. The molecule has 0 saturated heterocycles. The van der Waals surface area contributed by atoms with E-state index in [-0.39, 0.29) is 17.6 Å². The van der Waals surface area contributed by atoms with Crippen molar-refractivity contribution in [1.82, 2.24) is 10.6 Å². The molecule has 0 saturated carbocycles. The third-order valence-corrected chi connectivity index (χ3v) is 3.07. The maximum atomic E-state index is 11.7. The van der Waals surface area contributed by atoms with Crippen LogP contribution in [0.25, 0.3) is 0 Å². The molecule has 0 bridgehead atoms. The fraction of sp³-hybridized carbons (Fsp3) is 0.583. The van der Waals surface area contributed by atoms with E-state index in [0.29, 0.717) is 0 Å². The maximum absolute atomic E-state index is 11.7. The monoisotopic (exact) mass is 240 g/mol. The number of hydrogen-bond donors (Lipinski definition) is 2. The molecule has 3 nitrogen and oxygen atoms in total. The van der Waals surface area contributed by atoms with Crippen molar-refractivity contribution in [3.63, 3.8) is 0 Å². The van der Waals surface area contributed by atoms with Crippen molar-refractivity contribution < 1.29 is 4.79 Å². The van der Waals surface area contributed by atoms with Crippen molar-refractivity contribution >= 4 is 17.4 Å². The number of thiophene rings is 1. The van der Waals surface area contributed by atoms with Crippen molar-refractivity contribution in [3.8, 4) is 0 Å². The van der Waals surface area contributed by atoms with Crippen molar-refractivity contribution in [1.29, 1.82) is 0 Å². The Bertz CT molecular complexity index is 327. The van der Waals surface area contributed by atoms with Crippen LogP contribution in [0.2, 0.25) is 0 Å². The molecular formula is C12H20N2OS. The van der Waals surface area contributed by atoms with Gasteiger partial charge in [-0.25, -0.2) is 4.79 Å².